The minimum Gasteiger partial charge on any atom is -0.466 e. The van der Waals surface area contributed by atoms with E-state index in [4.69, 9.17) is 4.42 Å². The van der Waals surface area contributed by atoms with Crippen molar-refractivity contribution in [1.82, 2.24) is 0 Å². The monoisotopic (exact) mass is 328 g/mol. The van der Waals surface area contributed by atoms with E-state index in [0.29, 0.717) is 17.4 Å². The quantitative estimate of drug-likeness (QED) is 0.762. The highest BCUT2D eigenvalue weighted by Gasteiger charge is 2.45. The van der Waals surface area contributed by atoms with Gasteiger partial charge in [0.15, 0.2) is 0 Å². The van der Waals surface area contributed by atoms with Crippen LogP contribution in [0.4, 0.5) is 0 Å². The molecule has 1 aromatic rings. The Morgan fingerprint density at radius 3 is 2.09 bits per heavy atom. The molecule has 1 aliphatic heterocycles. The summed E-state index contributed by atoms with van der Waals surface area (Å²) >= 11 is 0.867. The number of furan rings is 1. The Kier molecular flexibility index (Phi) is 3.41. The Morgan fingerprint density at radius 1 is 1.04 bits per heavy atom. The second-order valence-electron chi connectivity index (χ2n) is 6.88. The van der Waals surface area contributed by atoms with Crippen LogP contribution in [0.25, 0.3) is 5.57 Å². The SMILES string of the molecule is C/C(=C1/C(=O)SC(=O)C1=C(C1CC1)C1CC1)c1cc(C)oc1C. The van der Waals surface area contributed by atoms with Crippen molar-refractivity contribution in [2.45, 2.75) is 46.5 Å². The number of allylic oxidation sites excluding steroid dienone is 2. The Hall–Kier alpha value is -1.55. The summed E-state index contributed by atoms with van der Waals surface area (Å²) in [4.78, 5) is 25.1. The van der Waals surface area contributed by atoms with E-state index >= 15 is 0 Å². The van der Waals surface area contributed by atoms with Crippen molar-refractivity contribution in [2.24, 2.45) is 11.8 Å². The molecule has 2 saturated carbocycles. The first-order valence-electron chi connectivity index (χ1n) is 8.26. The van der Waals surface area contributed by atoms with Crippen LogP contribution in [0.5, 0.6) is 0 Å². The van der Waals surface area contributed by atoms with Gasteiger partial charge in [0.2, 0.25) is 10.2 Å². The van der Waals surface area contributed by atoms with Gasteiger partial charge in [-0.25, -0.2) is 0 Å². The predicted molar refractivity (Wildman–Crippen MR) is 90.9 cm³/mol. The summed E-state index contributed by atoms with van der Waals surface area (Å²) in [7, 11) is 0. The Bertz CT molecular complexity index is 772. The molecule has 0 bridgehead atoms. The molecule has 23 heavy (non-hydrogen) atoms. The van der Waals surface area contributed by atoms with Crippen LogP contribution in [-0.2, 0) is 9.59 Å². The lowest BCUT2D eigenvalue weighted by molar-refractivity contribution is -0.107. The molecule has 3 fully saturated rings. The third-order valence-corrected chi connectivity index (χ3v) is 5.77. The molecule has 1 aromatic heterocycles. The van der Waals surface area contributed by atoms with Gasteiger partial charge in [0.05, 0.1) is 0 Å². The molecule has 0 spiro atoms. The van der Waals surface area contributed by atoms with Gasteiger partial charge in [-0.1, -0.05) is 5.57 Å². The number of carbonyl (C=O) groups is 2. The van der Waals surface area contributed by atoms with Crippen LogP contribution in [0.2, 0.25) is 0 Å². The van der Waals surface area contributed by atoms with Crippen LogP contribution in [0, 0.1) is 25.7 Å². The molecule has 2 aliphatic carbocycles. The van der Waals surface area contributed by atoms with Crippen molar-refractivity contribution in [3.63, 3.8) is 0 Å². The van der Waals surface area contributed by atoms with Crippen LogP contribution < -0.4 is 0 Å². The highest BCUT2D eigenvalue weighted by Crippen LogP contribution is 2.54. The molecule has 0 atom stereocenters. The summed E-state index contributed by atoms with van der Waals surface area (Å²) in [6.07, 6.45) is 4.66. The van der Waals surface area contributed by atoms with Crippen molar-refractivity contribution in [1.29, 1.82) is 0 Å². The van der Waals surface area contributed by atoms with Crippen LogP contribution in [0.3, 0.4) is 0 Å². The zero-order valence-electron chi connectivity index (χ0n) is 13.7. The molecule has 0 radical (unpaired) electrons. The van der Waals surface area contributed by atoms with E-state index in [1.807, 2.05) is 26.8 Å². The van der Waals surface area contributed by atoms with E-state index in [9.17, 15) is 9.59 Å². The lowest BCUT2D eigenvalue weighted by Crippen LogP contribution is -2.05. The van der Waals surface area contributed by atoms with E-state index < -0.39 is 0 Å². The molecule has 4 heteroatoms. The summed E-state index contributed by atoms with van der Waals surface area (Å²) in [5, 5.41) is -0.143. The summed E-state index contributed by atoms with van der Waals surface area (Å²) in [5.41, 5.74) is 4.49. The predicted octanol–water partition coefficient (Wildman–Crippen LogP) is 4.59. The van der Waals surface area contributed by atoms with E-state index in [1.165, 1.54) is 5.57 Å². The van der Waals surface area contributed by atoms with Crippen LogP contribution >= 0.6 is 11.8 Å². The normalized spacial score (nSPS) is 23.7. The maximum absolute atomic E-state index is 12.6. The van der Waals surface area contributed by atoms with Gasteiger partial charge in [-0.05, 0) is 81.7 Å². The van der Waals surface area contributed by atoms with Crippen LogP contribution in [0.15, 0.2) is 27.2 Å². The number of thioether (sulfide) groups is 1. The average Bonchev–Trinajstić information content (AvgIpc) is 3.38. The second-order valence-corrected chi connectivity index (χ2v) is 7.83. The number of aryl methyl sites for hydroxylation is 2. The summed E-state index contributed by atoms with van der Waals surface area (Å²) < 4.78 is 5.62. The van der Waals surface area contributed by atoms with Crippen LogP contribution in [-0.4, -0.2) is 10.2 Å². The third kappa shape index (κ3) is 2.53. The Labute approximate surface area is 140 Å². The standard InChI is InChI=1S/C19H20O3S/c1-9-8-14(11(3)22-9)10(2)15-17(19(21)23-18(15)20)16(12-4-5-12)13-6-7-13/h8,12-13H,4-7H2,1-3H3/b15-10-. The number of carbonyl (C=O) groups excluding carboxylic acids is 2. The first-order chi connectivity index (χ1) is 11.0. The fourth-order valence-corrected chi connectivity index (χ4v) is 4.51. The van der Waals surface area contributed by atoms with Crippen molar-refractivity contribution >= 4 is 27.6 Å². The third-order valence-electron chi connectivity index (χ3n) is 4.99. The fraction of sp³-hybridized carbons (Fsp3) is 0.474. The first-order valence-corrected chi connectivity index (χ1v) is 9.08. The largest absolute Gasteiger partial charge is 0.466 e. The van der Waals surface area contributed by atoms with Gasteiger partial charge >= 0.3 is 0 Å². The lowest BCUT2D eigenvalue weighted by atomic mass is 9.90. The lowest BCUT2D eigenvalue weighted by Gasteiger charge is -2.11. The summed E-state index contributed by atoms with van der Waals surface area (Å²) in [6.45, 7) is 5.76. The van der Waals surface area contributed by atoms with Gasteiger partial charge in [0.25, 0.3) is 0 Å². The second kappa shape index (κ2) is 5.23. The topological polar surface area (TPSA) is 47.3 Å². The van der Waals surface area contributed by atoms with E-state index in [-0.39, 0.29) is 10.2 Å². The molecule has 0 N–H and O–H groups in total. The average molecular weight is 328 g/mol. The highest BCUT2D eigenvalue weighted by molar-refractivity contribution is 8.27. The van der Waals surface area contributed by atoms with Crippen LogP contribution in [0.1, 0.15) is 49.7 Å². The Balaban J connectivity index is 1.92. The zero-order valence-corrected chi connectivity index (χ0v) is 14.5. The fourth-order valence-electron chi connectivity index (χ4n) is 3.66. The van der Waals surface area contributed by atoms with Crippen molar-refractivity contribution in [2.75, 3.05) is 0 Å². The van der Waals surface area contributed by atoms with Gasteiger partial charge in [0, 0.05) is 16.7 Å². The maximum Gasteiger partial charge on any atom is 0.228 e. The molecule has 0 amide bonds. The highest BCUT2D eigenvalue weighted by atomic mass is 32.2. The van der Waals surface area contributed by atoms with E-state index in [0.717, 1.165) is 65.7 Å². The van der Waals surface area contributed by atoms with Gasteiger partial charge in [-0.3, -0.25) is 9.59 Å². The zero-order chi connectivity index (χ0) is 16.3. The van der Waals surface area contributed by atoms with Crippen molar-refractivity contribution in [3.8, 4) is 0 Å². The maximum atomic E-state index is 12.6. The minimum absolute atomic E-state index is 0.0454. The molecule has 0 aromatic carbocycles. The minimum atomic E-state index is -0.0976. The summed E-state index contributed by atoms with van der Waals surface area (Å²) in [5.74, 6) is 2.70. The molecular formula is C19H20O3S. The van der Waals surface area contributed by atoms with Crippen molar-refractivity contribution < 1.29 is 14.0 Å². The molecule has 0 unspecified atom stereocenters. The van der Waals surface area contributed by atoms with Gasteiger partial charge in [0.1, 0.15) is 11.5 Å². The van der Waals surface area contributed by atoms with Crippen molar-refractivity contribution in [3.05, 3.63) is 39.9 Å². The van der Waals surface area contributed by atoms with Gasteiger partial charge in [-0.2, -0.15) is 0 Å². The molecule has 2 heterocycles. The van der Waals surface area contributed by atoms with Gasteiger partial charge < -0.3 is 4.42 Å². The molecule has 3 aliphatic rings. The molecule has 3 nitrogen and oxygen atoms in total. The Morgan fingerprint density at radius 2 is 1.61 bits per heavy atom. The first kappa shape index (κ1) is 15.0. The molecule has 4 rings (SSSR count). The smallest absolute Gasteiger partial charge is 0.228 e. The van der Waals surface area contributed by atoms with E-state index in [2.05, 4.69) is 0 Å². The molecule has 1 saturated heterocycles. The number of hydrogen-bond donors (Lipinski definition) is 0. The summed E-state index contributed by atoms with van der Waals surface area (Å²) in [6, 6.07) is 1.96. The van der Waals surface area contributed by atoms with E-state index in [1.54, 1.807) is 0 Å². The molecular weight excluding hydrogens is 308 g/mol. The number of hydrogen-bond acceptors (Lipinski definition) is 4. The van der Waals surface area contributed by atoms with Gasteiger partial charge in [-0.15, -0.1) is 0 Å². The number of rotatable bonds is 3. The molecule has 120 valence electrons.